The lowest BCUT2D eigenvalue weighted by Crippen LogP contribution is -2.50. The van der Waals surface area contributed by atoms with Gasteiger partial charge in [-0.2, -0.15) is 0 Å². The standard InChI is InChI=1S/C35H38N4O5/c1-23-20-39(24(2)22-40)34(42)29-19-27(36-33(41)18-25-10-5-4-6-11-25)16-17-31(29)44-32(23)21-38(3)35(43)37-30-15-9-13-26-12-7-8-14-28(26)30/h4-17,19,23-24,32,40H,18,20-22H2,1-3H3,(H,36,41)(H,37,43)/t23-,24+,32+/m1/s1. The molecule has 9 heteroatoms. The lowest BCUT2D eigenvalue weighted by atomic mass is 9.99. The normalized spacial score (nSPS) is 17.1. The van der Waals surface area contributed by atoms with Crippen LogP contribution in [-0.2, 0) is 11.2 Å². The smallest absolute Gasteiger partial charge is 0.321 e. The average Bonchev–Trinajstić information content (AvgIpc) is 3.03. The van der Waals surface area contributed by atoms with Gasteiger partial charge >= 0.3 is 6.03 Å². The third-order valence-electron chi connectivity index (χ3n) is 7.99. The molecule has 0 radical (unpaired) electrons. The summed E-state index contributed by atoms with van der Waals surface area (Å²) in [5, 5.41) is 17.8. The molecule has 4 aromatic carbocycles. The van der Waals surface area contributed by atoms with Crippen LogP contribution in [-0.4, -0.2) is 71.6 Å². The minimum absolute atomic E-state index is 0.167. The van der Waals surface area contributed by atoms with Crippen molar-refractivity contribution in [3.63, 3.8) is 0 Å². The number of urea groups is 1. The van der Waals surface area contributed by atoms with E-state index in [9.17, 15) is 19.5 Å². The van der Waals surface area contributed by atoms with Crippen LogP contribution >= 0.6 is 0 Å². The van der Waals surface area contributed by atoms with Gasteiger partial charge in [-0.25, -0.2) is 4.79 Å². The summed E-state index contributed by atoms with van der Waals surface area (Å²) in [5.74, 6) is -0.320. The van der Waals surface area contributed by atoms with Crippen molar-refractivity contribution in [2.75, 3.05) is 37.4 Å². The molecule has 0 saturated heterocycles. The Bertz CT molecular complexity index is 1640. The molecule has 1 heterocycles. The first-order chi connectivity index (χ1) is 21.2. The second-order valence-corrected chi connectivity index (χ2v) is 11.4. The summed E-state index contributed by atoms with van der Waals surface area (Å²) < 4.78 is 6.43. The number of ether oxygens (including phenoxy) is 1. The van der Waals surface area contributed by atoms with E-state index in [2.05, 4.69) is 10.6 Å². The van der Waals surface area contributed by atoms with Crippen molar-refractivity contribution in [3.8, 4) is 5.75 Å². The first kappa shape index (κ1) is 30.6. The molecule has 44 heavy (non-hydrogen) atoms. The number of carbonyl (C=O) groups is 3. The van der Waals surface area contributed by atoms with Gasteiger partial charge in [0.1, 0.15) is 11.9 Å². The number of hydrogen-bond donors (Lipinski definition) is 3. The largest absolute Gasteiger partial charge is 0.487 e. The van der Waals surface area contributed by atoms with Gasteiger partial charge in [0.2, 0.25) is 5.91 Å². The van der Waals surface area contributed by atoms with Crippen LogP contribution < -0.4 is 15.4 Å². The maximum Gasteiger partial charge on any atom is 0.321 e. The van der Waals surface area contributed by atoms with Gasteiger partial charge in [-0.1, -0.05) is 73.7 Å². The van der Waals surface area contributed by atoms with Crippen LogP contribution in [0.25, 0.3) is 10.8 Å². The summed E-state index contributed by atoms with van der Waals surface area (Å²) in [6.45, 7) is 4.11. The number of hydrogen-bond acceptors (Lipinski definition) is 5. The molecule has 1 aliphatic heterocycles. The average molecular weight is 595 g/mol. The predicted octanol–water partition coefficient (Wildman–Crippen LogP) is 5.41. The van der Waals surface area contributed by atoms with E-state index in [4.69, 9.17) is 4.74 Å². The predicted molar refractivity (Wildman–Crippen MR) is 172 cm³/mol. The van der Waals surface area contributed by atoms with Gasteiger partial charge in [-0.05, 0) is 42.1 Å². The quantitative estimate of drug-likeness (QED) is 0.253. The fraction of sp³-hybridized carbons (Fsp3) is 0.286. The lowest BCUT2D eigenvalue weighted by Gasteiger charge is -2.38. The van der Waals surface area contributed by atoms with Crippen molar-refractivity contribution in [1.82, 2.24) is 9.80 Å². The summed E-state index contributed by atoms with van der Waals surface area (Å²) in [4.78, 5) is 43.0. The molecule has 9 nitrogen and oxygen atoms in total. The third kappa shape index (κ3) is 7.01. The highest BCUT2D eigenvalue weighted by Gasteiger charge is 2.34. The number of fused-ring (bicyclic) bond motifs is 2. The lowest BCUT2D eigenvalue weighted by molar-refractivity contribution is -0.115. The Hall–Kier alpha value is -4.89. The third-order valence-corrected chi connectivity index (χ3v) is 7.99. The maximum atomic E-state index is 13.8. The second-order valence-electron chi connectivity index (χ2n) is 11.4. The number of rotatable bonds is 8. The number of aliphatic hydroxyl groups excluding tert-OH is 1. The molecule has 228 valence electrons. The van der Waals surface area contributed by atoms with E-state index in [1.165, 1.54) is 0 Å². The SMILES string of the molecule is C[C@@H]1CN([C@@H](C)CO)C(=O)c2cc(NC(=O)Cc3ccccc3)ccc2O[C@H]1CN(C)C(=O)Nc1cccc2ccccc12. The highest BCUT2D eigenvalue weighted by molar-refractivity contribution is 6.02. The fourth-order valence-corrected chi connectivity index (χ4v) is 5.40. The Kier molecular flexibility index (Phi) is 9.45. The van der Waals surface area contributed by atoms with Crippen LogP contribution in [0.4, 0.5) is 16.2 Å². The van der Waals surface area contributed by atoms with Gasteiger partial charge in [0.25, 0.3) is 5.91 Å². The van der Waals surface area contributed by atoms with E-state index in [0.717, 1.165) is 16.3 Å². The summed E-state index contributed by atoms with van der Waals surface area (Å²) in [6.07, 6.45) is -0.264. The topological polar surface area (TPSA) is 111 Å². The zero-order valence-corrected chi connectivity index (χ0v) is 25.2. The number of nitrogens with zero attached hydrogens (tertiary/aromatic N) is 2. The molecule has 0 aromatic heterocycles. The summed E-state index contributed by atoms with van der Waals surface area (Å²) in [6, 6.07) is 27.3. The minimum atomic E-state index is -0.461. The number of amides is 4. The number of aliphatic hydroxyl groups is 1. The van der Waals surface area contributed by atoms with E-state index >= 15 is 0 Å². The maximum absolute atomic E-state index is 13.8. The molecule has 4 amide bonds. The number of carbonyl (C=O) groups excluding carboxylic acids is 3. The summed E-state index contributed by atoms with van der Waals surface area (Å²) >= 11 is 0. The first-order valence-electron chi connectivity index (χ1n) is 14.8. The van der Waals surface area contributed by atoms with Crippen LogP contribution in [0.15, 0.2) is 91.0 Å². The van der Waals surface area contributed by atoms with Crippen LogP contribution in [0.5, 0.6) is 5.75 Å². The molecule has 1 aliphatic rings. The molecular formula is C35H38N4O5. The van der Waals surface area contributed by atoms with Gasteiger partial charge in [-0.15, -0.1) is 0 Å². The van der Waals surface area contributed by atoms with Gasteiger partial charge in [0.05, 0.1) is 36.9 Å². The van der Waals surface area contributed by atoms with Crippen molar-refractivity contribution < 1.29 is 24.2 Å². The van der Waals surface area contributed by atoms with Gasteiger partial charge < -0.3 is 30.3 Å². The molecule has 0 unspecified atom stereocenters. The monoisotopic (exact) mass is 594 g/mol. The molecule has 5 rings (SSSR count). The number of nitrogens with one attached hydrogen (secondary N) is 2. The van der Waals surface area contributed by atoms with E-state index in [1.807, 2.05) is 79.7 Å². The van der Waals surface area contributed by atoms with E-state index in [-0.39, 0.29) is 48.9 Å². The van der Waals surface area contributed by atoms with E-state index < -0.39 is 12.1 Å². The van der Waals surface area contributed by atoms with Gasteiger partial charge in [-0.3, -0.25) is 9.59 Å². The Morgan fingerprint density at radius 2 is 1.73 bits per heavy atom. The van der Waals surface area contributed by atoms with Crippen LogP contribution in [0.3, 0.4) is 0 Å². The van der Waals surface area contributed by atoms with Crippen LogP contribution in [0, 0.1) is 5.92 Å². The molecule has 0 saturated carbocycles. The molecule has 4 aromatic rings. The minimum Gasteiger partial charge on any atom is -0.487 e. The number of anilines is 2. The van der Waals surface area contributed by atoms with Crippen LogP contribution in [0.2, 0.25) is 0 Å². The molecular weight excluding hydrogens is 556 g/mol. The van der Waals surface area contributed by atoms with Crippen LogP contribution in [0.1, 0.15) is 29.8 Å². The van der Waals surface area contributed by atoms with Crippen molar-refractivity contribution in [3.05, 3.63) is 102 Å². The number of likely N-dealkylation sites (N-methyl/N-ethyl adjacent to an activating group) is 1. The van der Waals surface area contributed by atoms with E-state index in [1.54, 1.807) is 42.0 Å². The zero-order valence-electron chi connectivity index (χ0n) is 25.2. The van der Waals surface area contributed by atoms with Crippen molar-refractivity contribution in [1.29, 1.82) is 0 Å². The molecule has 0 aliphatic carbocycles. The Morgan fingerprint density at radius 3 is 2.50 bits per heavy atom. The molecule has 0 spiro atoms. The molecule has 3 atom stereocenters. The fourth-order valence-electron chi connectivity index (χ4n) is 5.40. The van der Waals surface area contributed by atoms with E-state index in [0.29, 0.717) is 23.7 Å². The highest BCUT2D eigenvalue weighted by atomic mass is 16.5. The van der Waals surface area contributed by atoms with Crippen molar-refractivity contribution >= 4 is 40.0 Å². The molecule has 0 bridgehead atoms. The Morgan fingerprint density at radius 1 is 1.00 bits per heavy atom. The molecule has 3 N–H and O–H groups in total. The van der Waals surface area contributed by atoms with Gasteiger partial charge in [0, 0.05) is 30.6 Å². The summed E-state index contributed by atoms with van der Waals surface area (Å²) in [5.41, 5.74) is 2.34. The first-order valence-corrected chi connectivity index (χ1v) is 14.8. The Balaban J connectivity index is 1.36. The summed E-state index contributed by atoms with van der Waals surface area (Å²) in [7, 11) is 1.71. The van der Waals surface area contributed by atoms with Crippen molar-refractivity contribution in [2.45, 2.75) is 32.4 Å². The van der Waals surface area contributed by atoms with Gasteiger partial charge in [0.15, 0.2) is 0 Å². The number of benzene rings is 4. The molecule has 0 fully saturated rings. The second kappa shape index (κ2) is 13.6. The highest BCUT2D eigenvalue weighted by Crippen LogP contribution is 2.31. The zero-order chi connectivity index (χ0) is 31.2. The Labute approximate surface area is 257 Å². The van der Waals surface area contributed by atoms with Crippen molar-refractivity contribution in [2.24, 2.45) is 5.92 Å².